The van der Waals surface area contributed by atoms with E-state index >= 15 is 0 Å². The van der Waals surface area contributed by atoms with E-state index in [0.717, 1.165) is 25.5 Å². The van der Waals surface area contributed by atoms with Gasteiger partial charge in [-0.05, 0) is 52.2 Å². The number of ether oxygens (including phenoxy) is 1. The van der Waals surface area contributed by atoms with Gasteiger partial charge in [-0.3, -0.25) is 0 Å². The number of hydrogen-bond donors (Lipinski definition) is 0. The number of hydrogen-bond acceptors (Lipinski definition) is 4. The van der Waals surface area contributed by atoms with Crippen LogP contribution < -0.4 is 0 Å². The molecule has 0 amide bonds. The van der Waals surface area contributed by atoms with Crippen molar-refractivity contribution in [1.82, 2.24) is 14.7 Å². The van der Waals surface area contributed by atoms with Gasteiger partial charge in [0, 0.05) is 39.3 Å². The van der Waals surface area contributed by atoms with Gasteiger partial charge in [0.25, 0.3) is 0 Å². The lowest BCUT2D eigenvalue weighted by Gasteiger charge is -2.38. The molecule has 0 N–H and O–H groups in total. The minimum Gasteiger partial charge on any atom is -0.377 e. The third kappa shape index (κ3) is 6.23. The van der Waals surface area contributed by atoms with Crippen molar-refractivity contribution in [3.05, 3.63) is 0 Å². The highest BCUT2D eigenvalue weighted by Gasteiger charge is 2.22. The fraction of sp³-hybridized carbons (Fsp3) is 1.00. The Morgan fingerprint density at radius 1 is 1.00 bits per heavy atom. The molecule has 0 aromatic carbocycles. The van der Waals surface area contributed by atoms with E-state index in [1.165, 1.54) is 58.7 Å². The molecule has 2 fully saturated rings. The van der Waals surface area contributed by atoms with Crippen LogP contribution in [0.3, 0.4) is 0 Å². The summed E-state index contributed by atoms with van der Waals surface area (Å²) in [5.41, 5.74) is 0. The first-order valence-corrected chi connectivity index (χ1v) is 8.92. The Kier molecular flexibility index (Phi) is 7.44. The van der Waals surface area contributed by atoms with Crippen LogP contribution in [0.5, 0.6) is 0 Å². The first-order valence-electron chi connectivity index (χ1n) is 8.92. The number of piperazine rings is 1. The van der Waals surface area contributed by atoms with Crippen molar-refractivity contribution in [1.29, 1.82) is 0 Å². The number of rotatable bonds is 7. The summed E-state index contributed by atoms with van der Waals surface area (Å²) in [6.07, 6.45) is 4.28. The Bertz CT molecular complexity index is 271. The first-order chi connectivity index (χ1) is 10.2. The van der Waals surface area contributed by atoms with Gasteiger partial charge in [0.2, 0.25) is 0 Å². The van der Waals surface area contributed by atoms with Crippen LogP contribution >= 0.6 is 0 Å². The lowest BCUT2D eigenvalue weighted by atomic mass is 9.96. The summed E-state index contributed by atoms with van der Waals surface area (Å²) in [4.78, 5) is 7.70. The summed E-state index contributed by atoms with van der Waals surface area (Å²) in [6.45, 7) is 15.2. The fourth-order valence-electron chi connectivity index (χ4n) is 3.29. The predicted molar refractivity (Wildman–Crippen MR) is 88.8 cm³/mol. The van der Waals surface area contributed by atoms with Gasteiger partial charge >= 0.3 is 0 Å². The molecule has 2 heterocycles. The summed E-state index contributed by atoms with van der Waals surface area (Å²) in [5, 5.41) is 0. The molecular formula is C17H35N3O. The summed E-state index contributed by atoms with van der Waals surface area (Å²) >= 11 is 0. The standard InChI is InChI=1S/C17H35N3O/c1-4-16(2)21-14-13-19-7-5-17(6-8-19)15-20-11-9-18(3)10-12-20/h16-17H,4-15H2,1-3H3. The highest BCUT2D eigenvalue weighted by atomic mass is 16.5. The second-order valence-electron chi connectivity index (χ2n) is 6.98. The van der Waals surface area contributed by atoms with Gasteiger partial charge in [0.05, 0.1) is 12.7 Å². The van der Waals surface area contributed by atoms with Crippen molar-refractivity contribution in [2.24, 2.45) is 5.92 Å². The molecule has 0 aliphatic carbocycles. The van der Waals surface area contributed by atoms with Gasteiger partial charge < -0.3 is 19.4 Å². The molecule has 2 rings (SSSR count). The van der Waals surface area contributed by atoms with E-state index in [1.54, 1.807) is 0 Å². The molecule has 1 unspecified atom stereocenters. The summed E-state index contributed by atoms with van der Waals surface area (Å²) in [6, 6.07) is 0. The smallest absolute Gasteiger partial charge is 0.0597 e. The van der Waals surface area contributed by atoms with Crippen molar-refractivity contribution in [2.75, 3.05) is 66.0 Å². The lowest BCUT2D eigenvalue weighted by molar-refractivity contribution is 0.0364. The van der Waals surface area contributed by atoms with Crippen molar-refractivity contribution >= 4 is 0 Å². The predicted octanol–water partition coefficient (Wildman–Crippen LogP) is 1.76. The number of nitrogens with zero attached hydrogens (tertiary/aromatic N) is 3. The Balaban J connectivity index is 1.55. The molecule has 4 nitrogen and oxygen atoms in total. The quantitative estimate of drug-likeness (QED) is 0.713. The maximum Gasteiger partial charge on any atom is 0.0597 e. The topological polar surface area (TPSA) is 19.0 Å². The molecule has 21 heavy (non-hydrogen) atoms. The molecule has 2 aliphatic rings. The van der Waals surface area contributed by atoms with Crippen LogP contribution in [0.25, 0.3) is 0 Å². The van der Waals surface area contributed by atoms with Crippen LogP contribution in [0.4, 0.5) is 0 Å². The highest BCUT2D eigenvalue weighted by Crippen LogP contribution is 2.19. The van der Waals surface area contributed by atoms with Crippen LogP contribution in [0.15, 0.2) is 0 Å². The summed E-state index contributed by atoms with van der Waals surface area (Å²) in [7, 11) is 2.23. The summed E-state index contributed by atoms with van der Waals surface area (Å²) < 4.78 is 5.80. The molecule has 124 valence electrons. The van der Waals surface area contributed by atoms with Crippen molar-refractivity contribution in [3.8, 4) is 0 Å². The largest absolute Gasteiger partial charge is 0.377 e. The zero-order valence-corrected chi connectivity index (χ0v) is 14.4. The summed E-state index contributed by atoms with van der Waals surface area (Å²) in [5.74, 6) is 0.917. The minimum absolute atomic E-state index is 0.416. The Morgan fingerprint density at radius 3 is 2.29 bits per heavy atom. The van der Waals surface area contributed by atoms with Crippen LogP contribution in [0.2, 0.25) is 0 Å². The third-order valence-corrected chi connectivity index (χ3v) is 5.20. The van der Waals surface area contributed by atoms with E-state index in [9.17, 15) is 0 Å². The lowest BCUT2D eigenvalue weighted by Crippen LogP contribution is -2.47. The van der Waals surface area contributed by atoms with Crippen LogP contribution in [-0.2, 0) is 4.74 Å². The second-order valence-corrected chi connectivity index (χ2v) is 6.98. The van der Waals surface area contributed by atoms with E-state index < -0.39 is 0 Å². The number of likely N-dealkylation sites (tertiary alicyclic amines) is 1. The first kappa shape index (κ1) is 17.2. The van der Waals surface area contributed by atoms with E-state index in [4.69, 9.17) is 4.74 Å². The van der Waals surface area contributed by atoms with Crippen LogP contribution in [-0.4, -0.2) is 86.8 Å². The van der Waals surface area contributed by atoms with Gasteiger partial charge in [-0.1, -0.05) is 6.92 Å². The molecule has 0 aromatic rings. The molecule has 0 spiro atoms. The van der Waals surface area contributed by atoms with Crippen LogP contribution in [0, 0.1) is 5.92 Å². The second kappa shape index (κ2) is 9.09. The monoisotopic (exact) mass is 297 g/mol. The average Bonchev–Trinajstić information content (AvgIpc) is 2.51. The minimum atomic E-state index is 0.416. The number of piperidine rings is 1. The Hall–Kier alpha value is -0.160. The molecule has 2 aliphatic heterocycles. The maximum absolute atomic E-state index is 5.80. The zero-order chi connectivity index (χ0) is 15.1. The Labute approximate surface area is 131 Å². The zero-order valence-electron chi connectivity index (χ0n) is 14.4. The van der Waals surface area contributed by atoms with E-state index in [2.05, 4.69) is 35.6 Å². The van der Waals surface area contributed by atoms with E-state index in [0.29, 0.717) is 6.10 Å². The van der Waals surface area contributed by atoms with Gasteiger partial charge in [-0.15, -0.1) is 0 Å². The number of likely N-dealkylation sites (N-methyl/N-ethyl adjacent to an activating group) is 1. The normalized spacial score (nSPS) is 25.3. The van der Waals surface area contributed by atoms with Gasteiger partial charge in [0.15, 0.2) is 0 Å². The maximum atomic E-state index is 5.80. The molecule has 0 radical (unpaired) electrons. The molecule has 4 heteroatoms. The van der Waals surface area contributed by atoms with Gasteiger partial charge in [-0.25, -0.2) is 0 Å². The third-order valence-electron chi connectivity index (χ3n) is 5.20. The van der Waals surface area contributed by atoms with E-state index in [-0.39, 0.29) is 0 Å². The van der Waals surface area contributed by atoms with Gasteiger partial charge in [-0.2, -0.15) is 0 Å². The fourth-order valence-corrected chi connectivity index (χ4v) is 3.29. The molecule has 0 bridgehead atoms. The van der Waals surface area contributed by atoms with Crippen molar-refractivity contribution < 1.29 is 4.74 Å². The SMILES string of the molecule is CCC(C)OCCN1CCC(CN2CCN(C)CC2)CC1. The van der Waals surface area contributed by atoms with Crippen molar-refractivity contribution in [3.63, 3.8) is 0 Å². The molecule has 0 saturated carbocycles. The highest BCUT2D eigenvalue weighted by molar-refractivity contribution is 4.77. The van der Waals surface area contributed by atoms with E-state index in [1.807, 2.05) is 0 Å². The van der Waals surface area contributed by atoms with Crippen molar-refractivity contribution in [2.45, 2.75) is 39.2 Å². The van der Waals surface area contributed by atoms with Gasteiger partial charge in [0.1, 0.15) is 0 Å². The molecule has 0 aromatic heterocycles. The molecular weight excluding hydrogens is 262 g/mol. The average molecular weight is 297 g/mol. The molecule has 1 atom stereocenters. The Morgan fingerprint density at radius 2 is 1.67 bits per heavy atom. The van der Waals surface area contributed by atoms with Crippen LogP contribution in [0.1, 0.15) is 33.1 Å². The molecule has 2 saturated heterocycles.